The zero-order valence-corrected chi connectivity index (χ0v) is 13.9. The van der Waals surface area contributed by atoms with Crippen LogP contribution in [0.1, 0.15) is 34.3 Å². The van der Waals surface area contributed by atoms with Gasteiger partial charge >= 0.3 is 0 Å². The van der Waals surface area contributed by atoms with Gasteiger partial charge < -0.3 is 10.4 Å². The standard InChI is InChI=1S/C21H18N2O2/c1-23-19(24)18-10-6-5-7-16(18)11-12-21(25,20(15-22)13-14-20)17-8-3-2-4-9-17/h2-10,25H,13-14H2,1H3,(H,23,24)/t21-/m1/s1. The topological polar surface area (TPSA) is 73.1 Å². The number of carbonyl (C=O) groups is 1. The number of hydrogen-bond donors (Lipinski definition) is 2. The molecule has 1 fully saturated rings. The summed E-state index contributed by atoms with van der Waals surface area (Å²) in [6.45, 7) is 0. The van der Waals surface area contributed by atoms with Crippen LogP contribution < -0.4 is 5.32 Å². The van der Waals surface area contributed by atoms with Gasteiger partial charge in [0.25, 0.3) is 5.91 Å². The van der Waals surface area contributed by atoms with E-state index in [0.29, 0.717) is 29.5 Å². The van der Waals surface area contributed by atoms with Crippen molar-refractivity contribution >= 4 is 5.91 Å². The minimum Gasteiger partial charge on any atom is -0.372 e. The molecule has 2 aromatic rings. The summed E-state index contributed by atoms with van der Waals surface area (Å²) in [6, 6.07) is 18.2. The lowest BCUT2D eigenvalue weighted by Gasteiger charge is -2.27. The van der Waals surface area contributed by atoms with E-state index in [-0.39, 0.29) is 5.91 Å². The fraction of sp³-hybridized carbons (Fsp3) is 0.238. The fourth-order valence-corrected chi connectivity index (χ4v) is 2.91. The van der Waals surface area contributed by atoms with Crippen molar-refractivity contribution in [3.8, 4) is 17.9 Å². The van der Waals surface area contributed by atoms with Gasteiger partial charge in [0.05, 0.1) is 11.6 Å². The van der Waals surface area contributed by atoms with Gasteiger partial charge in [-0.15, -0.1) is 0 Å². The molecule has 3 rings (SSSR count). The highest BCUT2D eigenvalue weighted by atomic mass is 16.3. The number of nitriles is 1. The first-order chi connectivity index (χ1) is 12.1. The van der Waals surface area contributed by atoms with Crippen molar-refractivity contribution in [3.63, 3.8) is 0 Å². The summed E-state index contributed by atoms with van der Waals surface area (Å²) in [7, 11) is 1.56. The van der Waals surface area contributed by atoms with Gasteiger partial charge in [-0.3, -0.25) is 4.79 Å². The Balaban J connectivity index is 2.10. The second kappa shape index (κ2) is 6.43. The minimum absolute atomic E-state index is 0.241. The first-order valence-electron chi connectivity index (χ1n) is 8.10. The van der Waals surface area contributed by atoms with E-state index in [0.717, 1.165) is 0 Å². The number of nitrogens with zero attached hydrogens (tertiary/aromatic N) is 1. The van der Waals surface area contributed by atoms with E-state index in [2.05, 4.69) is 23.2 Å². The highest BCUT2D eigenvalue weighted by molar-refractivity contribution is 5.96. The Morgan fingerprint density at radius 3 is 2.40 bits per heavy atom. The van der Waals surface area contributed by atoms with Crippen molar-refractivity contribution in [2.24, 2.45) is 5.41 Å². The van der Waals surface area contributed by atoms with Crippen molar-refractivity contribution in [2.75, 3.05) is 7.05 Å². The van der Waals surface area contributed by atoms with Gasteiger partial charge in [0.15, 0.2) is 5.60 Å². The Labute approximate surface area is 147 Å². The van der Waals surface area contributed by atoms with E-state index in [1.54, 1.807) is 43.4 Å². The predicted octanol–water partition coefficient (Wildman–Crippen LogP) is 2.59. The quantitative estimate of drug-likeness (QED) is 0.850. The molecule has 4 nitrogen and oxygen atoms in total. The molecule has 2 N–H and O–H groups in total. The maximum Gasteiger partial charge on any atom is 0.252 e. The van der Waals surface area contributed by atoms with Gasteiger partial charge in [-0.2, -0.15) is 5.26 Å². The van der Waals surface area contributed by atoms with Crippen LogP contribution in [0.5, 0.6) is 0 Å². The molecule has 1 aliphatic rings. The highest BCUT2D eigenvalue weighted by Crippen LogP contribution is 2.57. The van der Waals surface area contributed by atoms with E-state index < -0.39 is 11.0 Å². The summed E-state index contributed by atoms with van der Waals surface area (Å²) >= 11 is 0. The van der Waals surface area contributed by atoms with Gasteiger partial charge in [-0.25, -0.2) is 0 Å². The third kappa shape index (κ3) is 2.89. The Kier molecular flexibility index (Phi) is 4.31. The number of hydrogen-bond acceptors (Lipinski definition) is 3. The number of rotatable bonds is 3. The lowest BCUT2D eigenvalue weighted by Crippen LogP contribution is -2.34. The molecule has 4 heteroatoms. The molecule has 0 saturated heterocycles. The normalized spacial score (nSPS) is 16.5. The number of benzene rings is 2. The smallest absolute Gasteiger partial charge is 0.252 e. The fourth-order valence-electron chi connectivity index (χ4n) is 2.91. The number of amides is 1. The first-order valence-corrected chi connectivity index (χ1v) is 8.10. The van der Waals surface area contributed by atoms with Gasteiger partial charge in [0, 0.05) is 12.6 Å². The summed E-state index contributed by atoms with van der Waals surface area (Å²) in [4.78, 5) is 12.0. The predicted molar refractivity (Wildman–Crippen MR) is 94.3 cm³/mol. The monoisotopic (exact) mass is 330 g/mol. The summed E-state index contributed by atoms with van der Waals surface area (Å²) in [5.74, 6) is 5.60. The van der Waals surface area contributed by atoms with E-state index in [4.69, 9.17) is 0 Å². The molecule has 124 valence electrons. The van der Waals surface area contributed by atoms with Crippen LogP contribution in [0.2, 0.25) is 0 Å². The Bertz CT molecular complexity index is 899. The highest BCUT2D eigenvalue weighted by Gasteiger charge is 2.60. The van der Waals surface area contributed by atoms with Crippen LogP contribution >= 0.6 is 0 Å². The molecule has 0 bridgehead atoms. The Morgan fingerprint density at radius 1 is 1.16 bits per heavy atom. The minimum atomic E-state index is -1.57. The average Bonchev–Trinajstić information content (AvgIpc) is 3.48. The van der Waals surface area contributed by atoms with Crippen LogP contribution in [0, 0.1) is 28.6 Å². The van der Waals surface area contributed by atoms with Crippen molar-refractivity contribution in [3.05, 3.63) is 71.3 Å². The van der Waals surface area contributed by atoms with E-state index in [9.17, 15) is 15.2 Å². The third-order valence-electron chi connectivity index (χ3n) is 4.62. The average molecular weight is 330 g/mol. The molecule has 1 saturated carbocycles. The molecule has 0 aliphatic heterocycles. The van der Waals surface area contributed by atoms with Crippen molar-refractivity contribution in [1.82, 2.24) is 5.32 Å². The van der Waals surface area contributed by atoms with Crippen LogP contribution in [0.4, 0.5) is 0 Å². The van der Waals surface area contributed by atoms with Crippen molar-refractivity contribution < 1.29 is 9.90 Å². The van der Waals surface area contributed by atoms with Crippen molar-refractivity contribution in [2.45, 2.75) is 18.4 Å². The molecule has 0 spiro atoms. The number of carbonyl (C=O) groups excluding carboxylic acids is 1. The second-order valence-corrected chi connectivity index (χ2v) is 6.15. The number of nitrogens with one attached hydrogen (secondary N) is 1. The van der Waals surface area contributed by atoms with Gasteiger partial charge in [0.2, 0.25) is 0 Å². The summed E-state index contributed by atoms with van der Waals surface area (Å²) < 4.78 is 0. The second-order valence-electron chi connectivity index (χ2n) is 6.15. The van der Waals surface area contributed by atoms with Crippen LogP contribution in [0.25, 0.3) is 0 Å². The summed E-state index contributed by atoms with van der Waals surface area (Å²) in [6.07, 6.45) is 1.20. The van der Waals surface area contributed by atoms with Crippen LogP contribution in [0.3, 0.4) is 0 Å². The molecule has 0 unspecified atom stereocenters. The maximum atomic E-state index is 12.0. The third-order valence-corrected chi connectivity index (χ3v) is 4.62. The Hall–Kier alpha value is -3.08. The molecule has 0 radical (unpaired) electrons. The first kappa shape index (κ1) is 16.8. The largest absolute Gasteiger partial charge is 0.372 e. The lowest BCUT2D eigenvalue weighted by atomic mass is 9.79. The zero-order valence-electron chi connectivity index (χ0n) is 13.9. The molecule has 1 amide bonds. The van der Waals surface area contributed by atoms with E-state index >= 15 is 0 Å². The van der Waals surface area contributed by atoms with E-state index in [1.807, 2.05) is 18.2 Å². The molecule has 0 aromatic heterocycles. The Morgan fingerprint density at radius 2 is 1.80 bits per heavy atom. The van der Waals surface area contributed by atoms with Crippen molar-refractivity contribution in [1.29, 1.82) is 5.26 Å². The molecule has 25 heavy (non-hydrogen) atoms. The maximum absolute atomic E-state index is 12.0. The molecule has 1 atom stereocenters. The zero-order chi connectivity index (χ0) is 17.9. The van der Waals surface area contributed by atoms with Crippen LogP contribution in [0.15, 0.2) is 54.6 Å². The summed E-state index contributed by atoms with van der Waals surface area (Å²) in [5.41, 5.74) is -0.916. The number of aliphatic hydroxyl groups is 1. The molecule has 2 aromatic carbocycles. The van der Waals surface area contributed by atoms with Crippen LogP contribution in [-0.2, 0) is 5.60 Å². The summed E-state index contributed by atoms with van der Waals surface area (Å²) in [5, 5.41) is 23.5. The molecule has 1 aliphatic carbocycles. The SMILES string of the molecule is CNC(=O)c1ccccc1C#C[C@@](O)(c1ccccc1)C1(C#N)CC1. The van der Waals surface area contributed by atoms with E-state index in [1.165, 1.54) is 0 Å². The molecular formula is C21H18N2O2. The lowest BCUT2D eigenvalue weighted by molar-refractivity contribution is 0.0456. The van der Waals surface area contributed by atoms with Crippen LogP contribution in [-0.4, -0.2) is 18.1 Å². The molecular weight excluding hydrogens is 312 g/mol. The van der Waals surface area contributed by atoms with Gasteiger partial charge in [-0.1, -0.05) is 54.3 Å². The molecule has 0 heterocycles. The van der Waals surface area contributed by atoms with Gasteiger partial charge in [-0.05, 0) is 30.5 Å². The van der Waals surface area contributed by atoms with Gasteiger partial charge in [0.1, 0.15) is 5.41 Å².